The number of carbonyl (C=O) groups excluding carboxylic acids is 3. The number of hydrogen-bond acceptors (Lipinski definition) is 9. The Kier molecular flexibility index (Phi) is 7.31. The van der Waals surface area contributed by atoms with Crippen molar-refractivity contribution in [1.29, 1.82) is 0 Å². The van der Waals surface area contributed by atoms with Crippen LogP contribution in [-0.4, -0.2) is 52.4 Å². The molecule has 0 aliphatic heterocycles. The van der Waals surface area contributed by atoms with Gasteiger partial charge in [-0.15, -0.1) is 11.3 Å². The average Bonchev–Trinajstić information content (AvgIpc) is 3.38. The van der Waals surface area contributed by atoms with Gasteiger partial charge in [0.25, 0.3) is 0 Å². The molecule has 1 aliphatic rings. The number of methoxy groups -OCH3 is 4. The van der Waals surface area contributed by atoms with E-state index in [0.717, 1.165) is 29.7 Å². The van der Waals surface area contributed by atoms with Crippen LogP contribution >= 0.6 is 11.3 Å². The summed E-state index contributed by atoms with van der Waals surface area (Å²) in [5.74, 6) is -1.23. The lowest BCUT2D eigenvalue weighted by atomic mass is 10.1. The van der Waals surface area contributed by atoms with Crippen LogP contribution in [0.5, 0.6) is 17.2 Å². The number of thiophene rings is 1. The molecule has 0 bridgehead atoms. The normalized spacial score (nSPS) is 12.2. The van der Waals surface area contributed by atoms with Crippen LogP contribution in [0.15, 0.2) is 17.2 Å². The molecule has 1 aliphatic carbocycles. The summed E-state index contributed by atoms with van der Waals surface area (Å²) in [5.41, 5.74) is 3.89. The molecule has 1 aromatic carbocycles. The Bertz CT molecular complexity index is 1050. The molecule has 2 aromatic rings. The number of hydrogen-bond donors (Lipinski definition) is 2. The van der Waals surface area contributed by atoms with Crippen LogP contribution in [0.1, 0.15) is 32.8 Å². The molecule has 0 saturated carbocycles. The molecular weight excluding hydrogens is 438 g/mol. The zero-order valence-corrected chi connectivity index (χ0v) is 18.9. The molecule has 2 amide bonds. The first kappa shape index (κ1) is 23.1. The third-order valence-corrected chi connectivity index (χ3v) is 6.02. The fourth-order valence-electron chi connectivity index (χ4n) is 3.36. The lowest BCUT2D eigenvalue weighted by Gasteiger charge is -2.12. The average molecular weight is 461 g/mol. The highest BCUT2D eigenvalue weighted by molar-refractivity contribution is 7.17. The summed E-state index contributed by atoms with van der Waals surface area (Å²) in [6.07, 6.45) is 3.83. The minimum absolute atomic E-state index is 0.301. The van der Waals surface area contributed by atoms with Crippen LogP contribution in [0.2, 0.25) is 0 Å². The number of anilines is 1. The largest absolute Gasteiger partial charge is 0.493 e. The van der Waals surface area contributed by atoms with Crippen molar-refractivity contribution in [2.24, 2.45) is 5.10 Å². The SMILES string of the molecule is COC(=O)c1c(NC(=O)C(=O)N/N=C/c2cc(OC)c(OC)c(OC)c2)sc2c1CCC2. The zero-order chi connectivity index (χ0) is 23.3. The summed E-state index contributed by atoms with van der Waals surface area (Å²) >= 11 is 1.28. The number of ether oxygens (including phenoxy) is 4. The van der Waals surface area contributed by atoms with Gasteiger partial charge in [-0.2, -0.15) is 5.10 Å². The molecule has 1 aromatic heterocycles. The molecule has 170 valence electrons. The van der Waals surface area contributed by atoms with Gasteiger partial charge < -0.3 is 24.3 Å². The smallest absolute Gasteiger partial charge is 0.341 e. The first-order chi connectivity index (χ1) is 15.4. The first-order valence-corrected chi connectivity index (χ1v) is 10.4. The second kappa shape index (κ2) is 10.1. The van der Waals surface area contributed by atoms with Gasteiger partial charge in [0.15, 0.2) is 11.5 Å². The van der Waals surface area contributed by atoms with E-state index in [1.165, 1.54) is 46.0 Å². The van der Waals surface area contributed by atoms with Crippen molar-refractivity contribution in [2.75, 3.05) is 33.8 Å². The second-order valence-electron chi connectivity index (χ2n) is 6.66. The number of nitrogens with one attached hydrogen (secondary N) is 2. The second-order valence-corrected chi connectivity index (χ2v) is 7.77. The van der Waals surface area contributed by atoms with Crippen LogP contribution in [0.3, 0.4) is 0 Å². The molecule has 10 nitrogen and oxygen atoms in total. The van der Waals surface area contributed by atoms with Gasteiger partial charge in [-0.3, -0.25) is 9.59 Å². The predicted octanol–water partition coefficient (Wildman–Crippen LogP) is 2.14. The Morgan fingerprint density at radius 2 is 1.69 bits per heavy atom. The van der Waals surface area contributed by atoms with Gasteiger partial charge in [0, 0.05) is 10.4 Å². The number of aryl methyl sites for hydroxylation is 1. The van der Waals surface area contributed by atoms with Crippen molar-refractivity contribution in [3.05, 3.63) is 33.7 Å². The van der Waals surface area contributed by atoms with Gasteiger partial charge in [-0.05, 0) is 37.0 Å². The number of benzene rings is 1. The van der Waals surface area contributed by atoms with E-state index in [1.807, 2.05) is 0 Å². The van der Waals surface area contributed by atoms with E-state index in [0.29, 0.717) is 33.4 Å². The van der Waals surface area contributed by atoms with Crippen LogP contribution < -0.4 is 25.0 Å². The third kappa shape index (κ3) is 4.67. The van der Waals surface area contributed by atoms with Gasteiger partial charge in [0.2, 0.25) is 5.75 Å². The third-order valence-electron chi connectivity index (χ3n) is 4.81. The number of fused-ring (bicyclic) bond motifs is 1. The number of rotatable bonds is 7. The monoisotopic (exact) mass is 461 g/mol. The molecule has 0 spiro atoms. The van der Waals surface area contributed by atoms with Crippen LogP contribution in [0.25, 0.3) is 0 Å². The highest BCUT2D eigenvalue weighted by Crippen LogP contribution is 2.39. The maximum atomic E-state index is 12.3. The fourth-order valence-corrected chi connectivity index (χ4v) is 4.63. The standard InChI is InChI=1S/C21H23N3O7S/c1-28-13-8-11(9-14(29-2)17(13)30-3)10-22-24-19(26)18(25)23-20-16(21(27)31-4)12-6-5-7-15(12)32-20/h8-10H,5-7H2,1-4H3,(H,23,25)(H,24,26)/b22-10+. The summed E-state index contributed by atoms with van der Waals surface area (Å²) in [6, 6.07) is 3.26. The van der Waals surface area contributed by atoms with Crippen molar-refractivity contribution < 1.29 is 33.3 Å². The van der Waals surface area contributed by atoms with Gasteiger partial charge >= 0.3 is 17.8 Å². The van der Waals surface area contributed by atoms with Crippen molar-refractivity contribution in [2.45, 2.75) is 19.3 Å². The Balaban J connectivity index is 1.69. The minimum Gasteiger partial charge on any atom is -0.493 e. The molecule has 0 atom stereocenters. The number of amides is 2. The molecule has 0 radical (unpaired) electrons. The Labute approximate surface area is 188 Å². The molecule has 2 N–H and O–H groups in total. The Hall–Kier alpha value is -3.60. The van der Waals surface area contributed by atoms with Crippen molar-refractivity contribution >= 4 is 40.3 Å². The maximum absolute atomic E-state index is 12.3. The van der Waals surface area contributed by atoms with Gasteiger partial charge in [-0.25, -0.2) is 10.2 Å². The van der Waals surface area contributed by atoms with Crippen molar-refractivity contribution in [3.8, 4) is 17.2 Å². The quantitative estimate of drug-likeness (QED) is 0.280. The maximum Gasteiger partial charge on any atom is 0.341 e. The van der Waals surface area contributed by atoms with Gasteiger partial charge in [0.1, 0.15) is 5.00 Å². The highest BCUT2D eigenvalue weighted by Gasteiger charge is 2.29. The molecule has 0 unspecified atom stereocenters. The van der Waals surface area contributed by atoms with E-state index in [1.54, 1.807) is 12.1 Å². The first-order valence-electron chi connectivity index (χ1n) is 9.60. The lowest BCUT2D eigenvalue weighted by molar-refractivity contribution is -0.136. The van der Waals surface area contributed by atoms with Crippen LogP contribution in [0.4, 0.5) is 5.00 Å². The topological polar surface area (TPSA) is 125 Å². The van der Waals surface area contributed by atoms with E-state index in [-0.39, 0.29) is 0 Å². The van der Waals surface area contributed by atoms with Crippen LogP contribution in [0, 0.1) is 0 Å². The summed E-state index contributed by atoms with van der Waals surface area (Å²) in [4.78, 5) is 37.7. The highest BCUT2D eigenvalue weighted by atomic mass is 32.1. The predicted molar refractivity (Wildman–Crippen MR) is 118 cm³/mol. The molecule has 11 heteroatoms. The van der Waals surface area contributed by atoms with E-state index in [2.05, 4.69) is 15.8 Å². The van der Waals surface area contributed by atoms with Crippen molar-refractivity contribution in [1.82, 2.24) is 5.43 Å². The molecule has 32 heavy (non-hydrogen) atoms. The molecule has 1 heterocycles. The molecule has 0 saturated heterocycles. The number of hydrazone groups is 1. The van der Waals surface area contributed by atoms with Crippen molar-refractivity contribution in [3.63, 3.8) is 0 Å². The molecular formula is C21H23N3O7S. The van der Waals surface area contributed by atoms with Crippen LogP contribution in [-0.2, 0) is 27.2 Å². The number of carbonyl (C=O) groups is 3. The minimum atomic E-state index is -0.988. The summed E-state index contributed by atoms with van der Waals surface area (Å²) in [5, 5.41) is 6.60. The summed E-state index contributed by atoms with van der Waals surface area (Å²) in [6.45, 7) is 0. The number of esters is 1. The van der Waals surface area contributed by atoms with Gasteiger partial charge in [0.05, 0.1) is 40.2 Å². The summed E-state index contributed by atoms with van der Waals surface area (Å²) in [7, 11) is 5.72. The molecule has 3 rings (SSSR count). The fraction of sp³-hybridized carbons (Fsp3) is 0.333. The Morgan fingerprint density at radius 1 is 1.00 bits per heavy atom. The van der Waals surface area contributed by atoms with E-state index < -0.39 is 17.8 Å². The zero-order valence-electron chi connectivity index (χ0n) is 18.1. The van der Waals surface area contributed by atoms with E-state index in [9.17, 15) is 14.4 Å². The van der Waals surface area contributed by atoms with Gasteiger partial charge in [-0.1, -0.05) is 0 Å². The molecule has 0 fully saturated rings. The lowest BCUT2D eigenvalue weighted by Crippen LogP contribution is -2.32. The summed E-state index contributed by atoms with van der Waals surface area (Å²) < 4.78 is 20.6. The Morgan fingerprint density at radius 3 is 2.28 bits per heavy atom. The number of nitrogens with zero attached hydrogens (tertiary/aromatic N) is 1. The van der Waals surface area contributed by atoms with E-state index in [4.69, 9.17) is 18.9 Å². The van der Waals surface area contributed by atoms with E-state index >= 15 is 0 Å².